The van der Waals surface area contributed by atoms with Gasteiger partial charge in [-0.3, -0.25) is 4.98 Å². The summed E-state index contributed by atoms with van der Waals surface area (Å²) in [6, 6.07) is 4.30. The maximum absolute atomic E-state index is 4.29. The molecule has 0 aliphatic heterocycles. The largest absolute Gasteiger partial charge is 0.358 e. The summed E-state index contributed by atoms with van der Waals surface area (Å²) in [5, 5.41) is 1.21. The number of pyridine rings is 1. The molecule has 74 valence electrons. The summed E-state index contributed by atoms with van der Waals surface area (Å²) in [6.07, 6.45) is 3.10. The maximum atomic E-state index is 4.29. The second kappa shape index (κ2) is 3.45. The lowest BCUT2D eigenvalue weighted by Gasteiger charge is -2.03. The van der Waals surface area contributed by atoms with E-state index in [2.05, 4.69) is 35.9 Å². The van der Waals surface area contributed by atoms with Crippen LogP contribution in [0.25, 0.3) is 10.9 Å². The highest BCUT2D eigenvalue weighted by Crippen LogP contribution is 2.22. The van der Waals surface area contributed by atoms with Gasteiger partial charge in [-0.15, -0.1) is 0 Å². The predicted octanol–water partition coefficient (Wildman–Crippen LogP) is 3.38. The minimum absolute atomic E-state index is 0.600. The molecule has 0 aliphatic rings. The molecule has 0 saturated heterocycles. The Morgan fingerprint density at radius 3 is 2.93 bits per heavy atom. The van der Waals surface area contributed by atoms with Crippen LogP contribution in [-0.4, -0.2) is 9.97 Å². The third-order valence-electron chi connectivity index (χ3n) is 2.80. The van der Waals surface area contributed by atoms with Crippen LogP contribution in [0.15, 0.2) is 18.3 Å². The topological polar surface area (TPSA) is 28.7 Å². The van der Waals surface area contributed by atoms with E-state index < -0.39 is 0 Å². The van der Waals surface area contributed by atoms with Crippen molar-refractivity contribution in [3.05, 3.63) is 29.7 Å². The Labute approximate surface area is 84.4 Å². The number of hydrogen-bond donors (Lipinski definition) is 1. The summed E-state index contributed by atoms with van der Waals surface area (Å²) in [5.74, 6) is 0.600. The van der Waals surface area contributed by atoms with Gasteiger partial charge in [0.05, 0.1) is 0 Å². The second-order valence-corrected chi connectivity index (χ2v) is 3.95. The third kappa shape index (κ3) is 1.52. The van der Waals surface area contributed by atoms with Crippen LogP contribution < -0.4 is 0 Å². The molecule has 0 amide bonds. The molecule has 1 atom stereocenters. The van der Waals surface area contributed by atoms with Gasteiger partial charge in [0, 0.05) is 28.5 Å². The Morgan fingerprint density at radius 1 is 1.43 bits per heavy atom. The summed E-state index contributed by atoms with van der Waals surface area (Å²) in [4.78, 5) is 7.73. The first-order valence-corrected chi connectivity index (χ1v) is 5.16. The van der Waals surface area contributed by atoms with Gasteiger partial charge in [0.25, 0.3) is 0 Å². The average Bonchev–Trinajstić information content (AvgIpc) is 2.59. The first kappa shape index (κ1) is 9.25. The first-order valence-electron chi connectivity index (χ1n) is 5.16. The van der Waals surface area contributed by atoms with E-state index >= 15 is 0 Å². The van der Waals surface area contributed by atoms with Crippen molar-refractivity contribution >= 4 is 10.9 Å². The van der Waals surface area contributed by atoms with Crippen molar-refractivity contribution < 1.29 is 0 Å². The number of nitrogens with one attached hydrogen (secondary N) is 1. The normalized spacial score (nSPS) is 13.4. The first-order chi connectivity index (χ1) is 6.70. The van der Waals surface area contributed by atoms with Crippen LogP contribution in [0.4, 0.5) is 0 Å². The van der Waals surface area contributed by atoms with Crippen LogP contribution in [0.5, 0.6) is 0 Å². The molecule has 0 saturated carbocycles. The smallest absolute Gasteiger partial charge is 0.0489 e. The highest BCUT2D eigenvalue weighted by Gasteiger charge is 2.06. The van der Waals surface area contributed by atoms with E-state index in [0.29, 0.717) is 5.92 Å². The molecule has 0 radical (unpaired) electrons. The van der Waals surface area contributed by atoms with Crippen molar-refractivity contribution in [2.24, 2.45) is 0 Å². The standard InChI is InChI=1S/C12H16N2/c1-4-8(2)11-6-10-7-13-9(3)5-12(10)14-11/h5-8,14H,4H2,1-3H3. The van der Waals surface area contributed by atoms with Crippen LogP contribution in [0.3, 0.4) is 0 Å². The van der Waals surface area contributed by atoms with Crippen molar-refractivity contribution in [3.8, 4) is 0 Å². The van der Waals surface area contributed by atoms with Crippen LogP contribution >= 0.6 is 0 Å². The lowest BCUT2D eigenvalue weighted by molar-refractivity contribution is 0.715. The quantitative estimate of drug-likeness (QED) is 0.769. The van der Waals surface area contributed by atoms with E-state index in [1.54, 1.807) is 0 Å². The van der Waals surface area contributed by atoms with E-state index in [1.807, 2.05) is 13.1 Å². The third-order valence-corrected chi connectivity index (χ3v) is 2.80. The second-order valence-electron chi connectivity index (χ2n) is 3.95. The van der Waals surface area contributed by atoms with Crippen molar-refractivity contribution in [3.63, 3.8) is 0 Å². The monoisotopic (exact) mass is 188 g/mol. The summed E-state index contributed by atoms with van der Waals surface area (Å²) in [5.41, 5.74) is 3.58. The fourth-order valence-corrected chi connectivity index (χ4v) is 1.64. The molecule has 2 nitrogen and oxygen atoms in total. The van der Waals surface area contributed by atoms with Gasteiger partial charge < -0.3 is 4.98 Å². The van der Waals surface area contributed by atoms with Gasteiger partial charge in [-0.05, 0) is 31.4 Å². The molecule has 1 unspecified atom stereocenters. The molecule has 14 heavy (non-hydrogen) atoms. The molecule has 2 heterocycles. The predicted molar refractivity (Wildman–Crippen MR) is 59.5 cm³/mol. The number of H-pyrrole nitrogens is 1. The van der Waals surface area contributed by atoms with Crippen LogP contribution in [0.1, 0.15) is 37.6 Å². The molecule has 0 bridgehead atoms. The van der Waals surface area contributed by atoms with E-state index in [4.69, 9.17) is 0 Å². The summed E-state index contributed by atoms with van der Waals surface area (Å²) in [7, 11) is 0. The van der Waals surface area contributed by atoms with Gasteiger partial charge in [-0.1, -0.05) is 13.8 Å². The van der Waals surface area contributed by atoms with Gasteiger partial charge >= 0.3 is 0 Å². The number of aryl methyl sites for hydroxylation is 1. The van der Waals surface area contributed by atoms with E-state index in [0.717, 1.165) is 5.69 Å². The number of aromatic amines is 1. The fourth-order valence-electron chi connectivity index (χ4n) is 1.64. The van der Waals surface area contributed by atoms with Crippen LogP contribution in [0, 0.1) is 6.92 Å². The minimum Gasteiger partial charge on any atom is -0.358 e. The van der Waals surface area contributed by atoms with E-state index in [9.17, 15) is 0 Å². The van der Waals surface area contributed by atoms with Gasteiger partial charge in [-0.2, -0.15) is 0 Å². The zero-order chi connectivity index (χ0) is 10.1. The highest BCUT2D eigenvalue weighted by atomic mass is 14.7. The molecule has 2 heteroatoms. The molecular weight excluding hydrogens is 172 g/mol. The zero-order valence-corrected chi connectivity index (χ0v) is 8.96. The molecule has 2 rings (SSSR count). The molecule has 0 aliphatic carbocycles. The fraction of sp³-hybridized carbons (Fsp3) is 0.417. The number of nitrogens with zero attached hydrogens (tertiary/aromatic N) is 1. The van der Waals surface area contributed by atoms with Crippen LogP contribution in [-0.2, 0) is 0 Å². The molecule has 2 aromatic heterocycles. The van der Waals surface area contributed by atoms with Crippen molar-refractivity contribution in [1.82, 2.24) is 9.97 Å². The molecule has 1 N–H and O–H groups in total. The van der Waals surface area contributed by atoms with Gasteiger partial charge in [0.1, 0.15) is 0 Å². The van der Waals surface area contributed by atoms with Crippen molar-refractivity contribution in [1.29, 1.82) is 0 Å². The van der Waals surface area contributed by atoms with Crippen molar-refractivity contribution in [2.45, 2.75) is 33.1 Å². The SMILES string of the molecule is CCC(C)c1cc2cnc(C)cc2[nH]1. The number of hydrogen-bond acceptors (Lipinski definition) is 1. The number of rotatable bonds is 2. The van der Waals surface area contributed by atoms with Crippen LogP contribution in [0.2, 0.25) is 0 Å². The Morgan fingerprint density at radius 2 is 2.21 bits per heavy atom. The zero-order valence-electron chi connectivity index (χ0n) is 8.96. The van der Waals surface area contributed by atoms with Gasteiger partial charge in [0.15, 0.2) is 0 Å². The minimum atomic E-state index is 0.600. The van der Waals surface area contributed by atoms with Gasteiger partial charge in [-0.25, -0.2) is 0 Å². The highest BCUT2D eigenvalue weighted by molar-refractivity contribution is 5.79. The summed E-state index contributed by atoms with van der Waals surface area (Å²) >= 11 is 0. The molecule has 0 fully saturated rings. The number of fused-ring (bicyclic) bond motifs is 1. The molecule has 0 spiro atoms. The molecule has 2 aromatic rings. The average molecular weight is 188 g/mol. The Balaban J connectivity index is 2.51. The van der Waals surface area contributed by atoms with Crippen molar-refractivity contribution in [2.75, 3.05) is 0 Å². The summed E-state index contributed by atoms with van der Waals surface area (Å²) < 4.78 is 0. The molecular formula is C12H16N2. The number of aromatic nitrogens is 2. The lowest BCUT2D eigenvalue weighted by atomic mass is 10.1. The Bertz CT molecular complexity index is 443. The van der Waals surface area contributed by atoms with Gasteiger partial charge in [0.2, 0.25) is 0 Å². The Hall–Kier alpha value is -1.31. The van der Waals surface area contributed by atoms with E-state index in [-0.39, 0.29) is 0 Å². The maximum Gasteiger partial charge on any atom is 0.0489 e. The Kier molecular flexibility index (Phi) is 2.28. The van der Waals surface area contributed by atoms with E-state index in [1.165, 1.54) is 23.0 Å². The summed E-state index contributed by atoms with van der Waals surface area (Å²) in [6.45, 7) is 6.47. The lowest BCUT2D eigenvalue weighted by Crippen LogP contribution is -1.89. The molecule has 0 aromatic carbocycles.